The molecule has 0 fully saturated rings. The van der Waals surface area contributed by atoms with Gasteiger partial charge in [0.05, 0.1) is 13.2 Å². The van der Waals surface area contributed by atoms with Gasteiger partial charge in [0.25, 0.3) is 0 Å². The number of phenolic OH excluding ortho intramolecular Hbond substituents is 1. The van der Waals surface area contributed by atoms with Gasteiger partial charge in [0, 0.05) is 5.56 Å². The number of carbonyl (C=O) groups is 1. The molecule has 0 aliphatic heterocycles. The Kier molecular flexibility index (Phi) is 5.42. The Morgan fingerprint density at radius 2 is 2.16 bits per heavy atom. The Bertz CT molecular complexity index is 529. The van der Waals surface area contributed by atoms with Gasteiger partial charge < -0.3 is 14.6 Å². The topological polar surface area (TPSA) is 79.6 Å². The minimum absolute atomic E-state index is 0.110. The quantitative estimate of drug-likeness (QED) is 0.499. The average molecular weight is 261 g/mol. The van der Waals surface area contributed by atoms with Crippen molar-refractivity contribution in [2.24, 2.45) is 0 Å². The molecule has 1 rings (SSSR count). The lowest BCUT2D eigenvalue weighted by Gasteiger charge is -2.08. The van der Waals surface area contributed by atoms with Gasteiger partial charge >= 0.3 is 5.97 Å². The van der Waals surface area contributed by atoms with E-state index in [-0.39, 0.29) is 17.9 Å². The smallest absolute Gasteiger partial charge is 0.348 e. The second-order valence-electron chi connectivity index (χ2n) is 3.52. The van der Waals surface area contributed by atoms with Gasteiger partial charge in [-0.3, -0.25) is 0 Å². The van der Waals surface area contributed by atoms with Crippen LogP contribution in [0.25, 0.3) is 6.08 Å². The van der Waals surface area contributed by atoms with Crippen LogP contribution in [0.5, 0.6) is 11.5 Å². The van der Waals surface area contributed by atoms with E-state index in [2.05, 4.69) is 0 Å². The minimum atomic E-state index is -0.716. The van der Waals surface area contributed by atoms with Crippen LogP contribution in [0.3, 0.4) is 0 Å². The number of nitriles is 1. The summed E-state index contributed by atoms with van der Waals surface area (Å²) < 4.78 is 9.96. The number of nitrogens with zero attached hydrogens (tertiary/aromatic N) is 1. The highest BCUT2D eigenvalue weighted by atomic mass is 16.5. The number of hydrogen-bond donors (Lipinski definition) is 1. The minimum Gasteiger partial charge on any atom is -0.504 e. The fourth-order valence-electron chi connectivity index (χ4n) is 1.43. The molecule has 0 radical (unpaired) electrons. The number of para-hydroxylation sites is 1. The van der Waals surface area contributed by atoms with Crippen LogP contribution < -0.4 is 4.74 Å². The molecule has 0 unspecified atom stereocenters. The van der Waals surface area contributed by atoms with Crippen molar-refractivity contribution in [3.05, 3.63) is 29.3 Å². The van der Waals surface area contributed by atoms with E-state index < -0.39 is 5.97 Å². The Morgan fingerprint density at radius 1 is 1.42 bits per heavy atom. The van der Waals surface area contributed by atoms with Crippen LogP contribution in [-0.4, -0.2) is 24.3 Å². The normalized spacial score (nSPS) is 10.7. The molecule has 0 bridgehead atoms. The molecule has 0 atom stereocenters. The second-order valence-corrected chi connectivity index (χ2v) is 3.52. The van der Waals surface area contributed by atoms with Crippen LogP contribution in [0.4, 0.5) is 0 Å². The van der Waals surface area contributed by atoms with Crippen molar-refractivity contribution in [2.45, 2.75) is 13.8 Å². The highest BCUT2D eigenvalue weighted by molar-refractivity contribution is 5.98. The van der Waals surface area contributed by atoms with Gasteiger partial charge in [0.1, 0.15) is 11.6 Å². The molecule has 1 N–H and O–H groups in total. The van der Waals surface area contributed by atoms with Crippen molar-refractivity contribution in [3.8, 4) is 17.6 Å². The molecule has 0 saturated carbocycles. The molecule has 0 aromatic heterocycles. The first-order chi connectivity index (χ1) is 9.13. The number of esters is 1. The van der Waals surface area contributed by atoms with Crippen LogP contribution >= 0.6 is 0 Å². The van der Waals surface area contributed by atoms with Crippen LogP contribution in [-0.2, 0) is 9.53 Å². The Morgan fingerprint density at radius 3 is 2.74 bits per heavy atom. The maximum Gasteiger partial charge on any atom is 0.348 e. The first-order valence-corrected chi connectivity index (χ1v) is 5.87. The molecule has 19 heavy (non-hydrogen) atoms. The molecule has 5 nitrogen and oxygen atoms in total. The summed E-state index contributed by atoms with van der Waals surface area (Å²) in [5, 5.41) is 18.9. The van der Waals surface area contributed by atoms with Gasteiger partial charge in [-0.1, -0.05) is 12.1 Å². The first-order valence-electron chi connectivity index (χ1n) is 5.87. The molecule has 0 heterocycles. The Labute approximate surface area is 111 Å². The SMILES string of the molecule is CCOC(=O)C(C#N)=Cc1cccc(OCC)c1O. The van der Waals surface area contributed by atoms with Crippen molar-refractivity contribution < 1.29 is 19.4 Å². The summed E-state index contributed by atoms with van der Waals surface area (Å²) in [4.78, 5) is 11.5. The Balaban J connectivity index is 3.12. The van der Waals surface area contributed by atoms with E-state index in [1.165, 1.54) is 6.08 Å². The molecule has 5 heteroatoms. The number of rotatable bonds is 5. The highest BCUT2D eigenvalue weighted by Gasteiger charge is 2.12. The average Bonchev–Trinajstić information content (AvgIpc) is 2.40. The monoisotopic (exact) mass is 261 g/mol. The predicted octanol–water partition coefficient (Wildman–Crippen LogP) is 2.26. The van der Waals surface area contributed by atoms with Crippen LogP contribution in [0.1, 0.15) is 19.4 Å². The van der Waals surface area contributed by atoms with Gasteiger partial charge in [0.15, 0.2) is 11.5 Å². The molecule has 1 aromatic carbocycles. The molecular weight excluding hydrogens is 246 g/mol. The van der Waals surface area contributed by atoms with Gasteiger partial charge in [-0.25, -0.2) is 4.79 Å². The van der Waals surface area contributed by atoms with E-state index in [1.807, 2.05) is 0 Å². The maximum absolute atomic E-state index is 11.5. The lowest BCUT2D eigenvalue weighted by molar-refractivity contribution is -0.137. The van der Waals surface area contributed by atoms with Gasteiger partial charge in [-0.05, 0) is 26.0 Å². The van der Waals surface area contributed by atoms with Gasteiger partial charge in [-0.2, -0.15) is 5.26 Å². The highest BCUT2D eigenvalue weighted by Crippen LogP contribution is 2.31. The first kappa shape index (κ1) is 14.6. The van der Waals surface area contributed by atoms with E-state index >= 15 is 0 Å². The van der Waals surface area contributed by atoms with Gasteiger partial charge in [0.2, 0.25) is 0 Å². The fraction of sp³-hybridized carbons (Fsp3) is 0.286. The number of carbonyl (C=O) groups excluding carboxylic acids is 1. The summed E-state index contributed by atoms with van der Waals surface area (Å²) in [6.07, 6.45) is 1.27. The van der Waals surface area contributed by atoms with Crippen LogP contribution in [0, 0.1) is 11.3 Å². The zero-order valence-electron chi connectivity index (χ0n) is 10.8. The lowest BCUT2D eigenvalue weighted by atomic mass is 10.1. The van der Waals surface area contributed by atoms with E-state index in [4.69, 9.17) is 14.7 Å². The number of hydrogen-bond acceptors (Lipinski definition) is 5. The van der Waals surface area contributed by atoms with E-state index in [0.717, 1.165) is 0 Å². The number of phenols is 1. The lowest BCUT2D eigenvalue weighted by Crippen LogP contribution is -2.06. The molecule has 100 valence electrons. The predicted molar refractivity (Wildman–Crippen MR) is 69.5 cm³/mol. The Hall–Kier alpha value is -2.48. The van der Waals surface area contributed by atoms with Crippen molar-refractivity contribution >= 4 is 12.0 Å². The van der Waals surface area contributed by atoms with Crippen molar-refractivity contribution in [2.75, 3.05) is 13.2 Å². The van der Waals surface area contributed by atoms with Crippen molar-refractivity contribution in [1.29, 1.82) is 5.26 Å². The molecular formula is C14H15NO4. The van der Waals surface area contributed by atoms with Crippen molar-refractivity contribution in [3.63, 3.8) is 0 Å². The van der Waals surface area contributed by atoms with E-state index in [0.29, 0.717) is 17.9 Å². The third-order valence-corrected chi connectivity index (χ3v) is 2.25. The van der Waals surface area contributed by atoms with Gasteiger partial charge in [-0.15, -0.1) is 0 Å². The van der Waals surface area contributed by atoms with Crippen molar-refractivity contribution in [1.82, 2.24) is 0 Å². The van der Waals surface area contributed by atoms with E-state index in [9.17, 15) is 9.90 Å². The van der Waals surface area contributed by atoms with Crippen LogP contribution in [0.15, 0.2) is 23.8 Å². The van der Waals surface area contributed by atoms with E-state index in [1.54, 1.807) is 38.1 Å². The number of aromatic hydroxyl groups is 1. The van der Waals surface area contributed by atoms with Crippen LogP contribution in [0.2, 0.25) is 0 Å². The summed E-state index contributed by atoms with van der Waals surface area (Å²) in [5.74, 6) is -0.523. The second kappa shape index (κ2) is 7.07. The summed E-state index contributed by atoms with van der Waals surface area (Å²) in [6.45, 7) is 4.04. The summed E-state index contributed by atoms with van der Waals surface area (Å²) in [6, 6.07) is 6.59. The molecule has 1 aromatic rings. The summed E-state index contributed by atoms with van der Waals surface area (Å²) in [7, 11) is 0. The largest absolute Gasteiger partial charge is 0.504 e. The summed E-state index contributed by atoms with van der Waals surface area (Å²) >= 11 is 0. The molecule has 0 aliphatic carbocycles. The molecule has 0 aliphatic rings. The standard InChI is InChI=1S/C14H15NO4/c1-3-18-12-7-5-6-10(13(12)16)8-11(9-15)14(17)19-4-2/h5-8,16H,3-4H2,1-2H3. The molecule has 0 saturated heterocycles. The summed E-state index contributed by atoms with van der Waals surface area (Å²) in [5.41, 5.74) is 0.154. The third-order valence-electron chi connectivity index (χ3n) is 2.25. The number of ether oxygens (including phenoxy) is 2. The molecule has 0 amide bonds. The molecule has 0 spiro atoms. The zero-order valence-corrected chi connectivity index (χ0v) is 10.8. The zero-order chi connectivity index (χ0) is 14.3. The number of benzene rings is 1. The third kappa shape index (κ3) is 3.75. The fourth-order valence-corrected chi connectivity index (χ4v) is 1.43. The maximum atomic E-state index is 11.5.